The van der Waals surface area contributed by atoms with Crippen LogP contribution in [0.1, 0.15) is 18.0 Å². The molecule has 1 aromatic carbocycles. The van der Waals surface area contributed by atoms with E-state index in [4.69, 9.17) is 40.5 Å². The molecule has 0 spiro atoms. The van der Waals surface area contributed by atoms with Gasteiger partial charge in [-0.25, -0.2) is 4.98 Å². The molecule has 0 saturated carbocycles. The molecule has 1 heterocycles. The predicted molar refractivity (Wildman–Crippen MR) is 80.1 cm³/mol. The fourth-order valence-corrected chi connectivity index (χ4v) is 2.50. The molecule has 0 radical (unpaired) electrons. The van der Waals surface area contributed by atoms with Gasteiger partial charge in [-0.1, -0.05) is 46.9 Å². The summed E-state index contributed by atoms with van der Waals surface area (Å²) in [6.07, 6.45) is 3.26. The van der Waals surface area contributed by atoms with Gasteiger partial charge in [0.1, 0.15) is 5.15 Å². The topological polar surface area (TPSA) is 43.8 Å². The lowest BCUT2D eigenvalue weighted by atomic mass is 10.0. The van der Waals surface area contributed by atoms with E-state index in [1.807, 2.05) is 28.8 Å². The van der Waals surface area contributed by atoms with Gasteiger partial charge in [-0.2, -0.15) is 0 Å². The lowest BCUT2D eigenvalue weighted by molar-refractivity contribution is 0.470. The van der Waals surface area contributed by atoms with E-state index in [1.165, 1.54) is 5.56 Å². The molecular weight excluding hydrogens is 305 g/mol. The van der Waals surface area contributed by atoms with Crippen LogP contribution in [0.2, 0.25) is 15.3 Å². The van der Waals surface area contributed by atoms with Crippen LogP contribution >= 0.6 is 34.8 Å². The van der Waals surface area contributed by atoms with E-state index < -0.39 is 0 Å². The van der Waals surface area contributed by atoms with Crippen molar-refractivity contribution in [3.05, 3.63) is 51.5 Å². The zero-order valence-corrected chi connectivity index (χ0v) is 12.5. The largest absolute Gasteiger partial charge is 0.330 e. The third-order valence-electron chi connectivity index (χ3n) is 2.97. The number of nitrogens with two attached hydrogens (primary N) is 1. The second kappa shape index (κ2) is 6.62. The van der Waals surface area contributed by atoms with Crippen LogP contribution in [0.4, 0.5) is 0 Å². The van der Waals surface area contributed by atoms with Crippen LogP contribution in [0.3, 0.4) is 0 Å². The summed E-state index contributed by atoms with van der Waals surface area (Å²) in [6, 6.07) is 7.88. The Labute approximate surface area is 127 Å². The molecule has 2 aromatic rings. The third-order valence-corrected chi connectivity index (χ3v) is 3.97. The van der Waals surface area contributed by atoms with E-state index in [0.717, 1.165) is 17.9 Å². The van der Waals surface area contributed by atoms with E-state index >= 15 is 0 Å². The van der Waals surface area contributed by atoms with Crippen LogP contribution in [-0.4, -0.2) is 16.1 Å². The van der Waals surface area contributed by atoms with Crippen molar-refractivity contribution in [3.8, 4) is 0 Å². The van der Waals surface area contributed by atoms with Crippen LogP contribution in [0.5, 0.6) is 0 Å². The minimum Gasteiger partial charge on any atom is -0.330 e. The number of nitrogens with zero attached hydrogens (tertiary/aromatic N) is 2. The van der Waals surface area contributed by atoms with Crippen molar-refractivity contribution < 1.29 is 0 Å². The summed E-state index contributed by atoms with van der Waals surface area (Å²) >= 11 is 17.9. The molecule has 0 saturated heterocycles. The van der Waals surface area contributed by atoms with Crippen LogP contribution in [0.15, 0.2) is 30.6 Å². The molecule has 0 bridgehead atoms. The second-order valence-corrected chi connectivity index (χ2v) is 5.45. The van der Waals surface area contributed by atoms with Gasteiger partial charge < -0.3 is 10.3 Å². The third kappa shape index (κ3) is 3.63. The van der Waals surface area contributed by atoms with Crippen LogP contribution in [0, 0.1) is 0 Å². The average molecular weight is 319 g/mol. The Kier molecular flexibility index (Phi) is 5.11. The Hall–Kier alpha value is -0.740. The second-order valence-electron chi connectivity index (χ2n) is 4.30. The number of hydrogen-bond donors (Lipinski definition) is 1. The summed E-state index contributed by atoms with van der Waals surface area (Å²) in [4.78, 5) is 4.01. The number of rotatable bonds is 5. The van der Waals surface area contributed by atoms with Gasteiger partial charge in [0.05, 0.1) is 6.33 Å². The van der Waals surface area contributed by atoms with Crippen molar-refractivity contribution in [1.82, 2.24) is 9.55 Å². The van der Waals surface area contributed by atoms with Gasteiger partial charge in [0.2, 0.25) is 0 Å². The normalized spacial score (nSPS) is 12.6. The number of benzene rings is 1. The number of halogens is 3. The van der Waals surface area contributed by atoms with E-state index in [-0.39, 0.29) is 6.04 Å². The van der Waals surface area contributed by atoms with Crippen LogP contribution in [0.25, 0.3) is 0 Å². The van der Waals surface area contributed by atoms with Gasteiger partial charge in [0, 0.05) is 11.1 Å². The standard InChI is InChI=1S/C13H14Cl3N3/c14-10-3-1-9(2-4-10)7-11(5-6-17)19-8-18-12(15)13(19)16/h1-4,8,11H,5-7,17H2. The predicted octanol–water partition coefficient (Wildman–Crippen LogP) is 3.98. The Morgan fingerprint density at radius 2 is 1.84 bits per heavy atom. The minimum atomic E-state index is 0.138. The lowest BCUT2D eigenvalue weighted by Crippen LogP contribution is -2.16. The van der Waals surface area contributed by atoms with Crippen molar-refractivity contribution in [2.75, 3.05) is 6.54 Å². The highest BCUT2D eigenvalue weighted by atomic mass is 35.5. The van der Waals surface area contributed by atoms with Crippen molar-refractivity contribution >= 4 is 34.8 Å². The summed E-state index contributed by atoms with van der Waals surface area (Å²) in [5.74, 6) is 0. The molecule has 19 heavy (non-hydrogen) atoms. The lowest BCUT2D eigenvalue weighted by Gasteiger charge is -2.19. The molecule has 0 aliphatic carbocycles. The maximum Gasteiger partial charge on any atom is 0.166 e. The molecule has 1 unspecified atom stereocenters. The molecule has 3 nitrogen and oxygen atoms in total. The van der Waals surface area contributed by atoms with Gasteiger partial charge in [-0.3, -0.25) is 0 Å². The molecule has 2 N–H and O–H groups in total. The van der Waals surface area contributed by atoms with Crippen molar-refractivity contribution in [2.24, 2.45) is 5.73 Å². The van der Waals surface area contributed by atoms with Gasteiger partial charge in [0.15, 0.2) is 5.15 Å². The number of imidazole rings is 1. The maximum absolute atomic E-state index is 6.14. The molecule has 102 valence electrons. The number of aromatic nitrogens is 2. The Morgan fingerprint density at radius 1 is 1.16 bits per heavy atom. The molecule has 2 rings (SSSR count). The highest BCUT2D eigenvalue weighted by molar-refractivity contribution is 6.40. The van der Waals surface area contributed by atoms with Gasteiger partial charge >= 0.3 is 0 Å². The first-order valence-corrected chi connectivity index (χ1v) is 7.07. The van der Waals surface area contributed by atoms with Crippen molar-refractivity contribution in [1.29, 1.82) is 0 Å². The Morgan fingerprint density at radius 3 is 2.37 bits per heavy atom. The van der Waals surface area contributed by atoms with E-state index in [1.54, 1.807) is 6.33 Å². The van der Waals surface area contributed by atoms with Gasteiger partial charge in [0.25, 0.3) is 0 Å². The zero-order chi connectivity index (χ0) is 13.8. The number of hydrogen-bond acceptors (Lipinski definition) is 2. The minimum absolute atomic E-state index is 0.138. The zero-order valence-electron chi connectivity index (χ0n) is 10.2. The summed E-state index contributed by atoms with van der Waals surface area (Å²) in [5, 5.41) is 1.50. The first kappa shape index (κ1) is 14.7. The molecule has 0 aliphatic heterocycles. The summed E-state index contributed by atoms with van der Waals surface area (Å²) in [6.45, 7) is 0.574. The Balaban J connectivity index is 2.21. The molecule has 0 aliphatic rings. The summed E-state index contributed by atoms with van der Waals surface area (Å²) < 4.78 is 1.87. The van der Waals surface area contributed by atoms with E-state index in [0.29, 0.717) is 16.9 Å². The first-order valence-electron chi connectivity index (χ1n) is 5.94. The molecular formula is C13H14Cl3N3. The highest BCUT2D eigenvalue weighted by Crippen LogP contribution is 2.27. The fraction of sp³-hybridized carbons (Fsp3) is 0.308. The average Bonchev–Trinajstić information content (AvgIpc) is 2.72. The van der Waals surface area contributed by atoms with Crippen molar-refractivity contribution in [2.45, 2.75) is 18.9 Å². The van der Waals surface area contributed by atoms with Gasteiger partial charge in [-0.15, -0.1) is 0 Å². The van der Waals surface area contributed by atoms with Crippen LogP contribution in [-0.2, 0) is 6.42 Å². The molecule has 6 heteroatoms. The monoisotopic (exact) mass is 317 g/mol. The SMILES string of the molecule is NCCC(Cc1ccc(Cl)cc1)n1cnc(Cl)c1Cl. The highest BCUT2D eigenvalue weighted by Gasteiger charge is 2.16. The quantitative estimate of drug-likeness (QED) is 0.906. The summed E-state index contributed by atoms with van der Waals surface area (Å²) in [5.41, 5.74) is 6.84. The molecule has 0 fully saturated rings. The Bertz CT molecular complexity index is 537. The van der Waals surface area contributed by atoms with Gasteiger partial charge in [-0.05, 0) is 37.1 Å². The smallest absolute Gasteiger partial charge is 0.166 e. The summed E-state index contributed by atoms with van der Waals surface area (Å²) in [7, 11) is 0. The van der Waals surface area contributed by atoms with Crippen LogP contribution < -0.4 is 5.73 Å². The van der Waals surface area contributed by atoms with E-state index in [2.05, 4.69) is 4.98 Å². The maximum atomic E-state index is 6.14. The fourth-order valence-electron chi connectivity index (χ4n) is 2.00. The molecule has 1 atom stereocenters. The van der Waals surface area contributed by atoms with E-state index in [9.17, 15) is 0 Å². The van der Waals surface area contributed by atoms with Crippen molar-refractivity contribution in [3.63, 3.8) is 0 Å². The molecule has 0 amide bonds. The first-order chi connectivity index (χ1) is 9.11. The molecule has 1 aromatic heterocycles.